The van der Waals surface area contributed by atoms with Crippen molar-refractivity contribution in [2.24, 2.45) is 5.73 Å². The molecule has 7 heteroatoms. The lowest BCUT2D eigenvalue weighted by Gasteiger charge is -2.07. The number of amides is 3. The van der Waals surface area contributed by atoms with E-state index in [-0.39, 0.29) is 12.3 Å². The van der Waals surface area contributed by atoms with E-state index in [1.54, 1.807) is 29.5 Å². The van der Waals surface area contributed by atoms with Gasteiger partial charge in [0.25, 0.3) is 0 Å². The maximum absolute atomic E-state index is 12.2. The summed E-state index contributed by atoms with van der Waals surface area (Å²) in [6, 6.07) is 16.7. The Labute approximate surface area is 161 Å². The van der Waals surface area contributed by atoms with Crippen LogP contribution < -0.4 is 16.4 Å². The third-order valence-corrected chi connectivity index (χ3v) is 4.72. The number of anilines is 1. The summed E-state index contributed by atoms with van der Waals surface area (Å²) in [5.41, 5.74) is 8.55. The molecule has 0 aliphatic carbocycles. The predicted octanol–water partition coefficient (Wildman–Crippen LogP) is 3.08. The molecule has 0 aliphatic heterocycles. The number of carbonyl (C=O) groups is 2. The van der Waals surface area contributed by atoms with Crippen LogP contribution in [0.3, 0.4) is 0 Å². The van der Waals surface area contributed by atoms with Gasteiger partial charge in [0.15, 0.2) is 0 Å². The smallest absolute Gasteiger partial charge is 0.316 e. The minimum absolute atomic E-state index is 0.0974. The third-order valence-electron chi connectivity index (χ3n) is 3.82. The fraction of sp³-hybridized carbons (Fsp3) is 0.150. The molecule has 3 rings (SSSR count). The Hall–Kier alpha value is -3.19. The fourth-order valence-electron chi connectivity index (χ4n) is 2.61. The molecule has 0 bridgehead atoms. The molecule has 4 N–H and O–H groups in total. The lowest BCUT2D eigenvalue weighted by molar-refractivity contribution is -0.120. The highest BCUT2D eigenvalue weighted by atomic mass is 32.1. The van der Waals surface area contributed by atoms with Crippen LogP contribution in [0.1, 0.15) is 21.8 Å². The summed E-state index contributed by atoms with van der Waals surface area (Å²) < 4.78 is 0. The van der Waals surface area contributed by atoms with Crippen molar-refractivity contribution in [1.29, 1.82) is 0 Å². The van der Waals surface area contributed by atoms with Gasteiger partial charge in [-0.1, -0.05) is 42.5 Å². The number of hydrogen-bond acceptors (Lipinski definition) is 4. The second-order valence-electron chi connectivity index (χ2n) is 6.04. The standard InChI is InChI=1S/C20H20N4O2S/c21-20(26)24-16-8-4-7-15(9-16)12-22-18(25)11-17-13-27-19(23-17)10-14-5-2-1-3-6-14/h1-9,13H,10-12H2,(H,22,25)(H3,21,24,26). The third kappa shape index (κ3) is 5.93. The van der Waals surface area contributed by atoms with E-state index in [0.29, 0.717) is 12.2 Å². The van der Waals surface area contributed by atoms with Crippen LogP contribution in [-0.2, 0) is 24.2 Å². The van der Waals surface area contributed by atoms with Gasteiger partial charge in [0.2, 0.25) is 5.91 Å². The van der Waals surface area contributed by atoms with Crippen molar-refractivity contribution in [2.45, 2.75) is 19.4 Å². The zero-order valence-electron chi connectivity index (χ0n) is 14.6. The van der Waals surface area contributed by atoms with Gasteiger partial charge in [-0.15, -0.1) is 11.3 Å². The number of nitrogens with one attached hydrogen (secondary N) is 2. The summed E-state index contributed by atoms with van der Waals surface area (Å²) in [6.07, 6.45) is 1.01. The zero-order valence-corrected chi connectivity index (χ0v) is 15.5. The largest absolute Gasteiger partial charge is 0.352 e. The van der Waals surface area contributed by atoms with Crippen molar-refractivity contribution in [3.63, 3.8) is 0 Å². The zero-order chi connectivity index (χ0) is 19.1. The first-order chi connectivity index (χ1) is 13.1. The maximum atomic E-state index is 12.2. The van der Waals surface area contributed by atoms with Gasteiger partial charge < -0.3 is 16.4 Å². The molecule has 6 nitrogen and oxygen atoms in total. The Balaban J connectivity index is 1.50. The second-order valence-corrected chi connectivity index (χ2v) is 6.98. The average molecular weight is 380 g/mol. The molecule has 27 heavy (non-hydrogen) atoms. The van der Waals surface area contributed by atoms with Crippen molar-refractivity contribution in [1.82, 2.24) is 10.3 Å². The molecule has 0 unspecified atom stereocenters. The number of primary amides is 1. The van der Waals surface area contributed by atoms with Crippen LogP contribution >= 0.6 is 11.3 Å². The van der Waals surface area contributed by atoms with Gasteiger partial charge in [-0.3, -0.25) is 4.79 Å². The van der Waals surface area contributed by atoms with E-state index < -0.39 is 6.03 Å². The number of nitrogens with zero attached hydrogens (tertiary/aromatic N) is 1. The molecule has 1 heterocycles. The minimum atomic E-state index is -0.619. The molecule has 3 amide bonds. The first-order valence-electron chi connectivity index (χ1n) is 8.48. The highest BCUT2D eigenvalue weighted by molar-refractivity contribution is 7.09. The van der Waals surface area contributed by atoms with Gasteiger partial charge >= 0.3 is 6.03 Å². The number of aromatic nitrogens is 1. The summed E-state index contributed by atoms with van der Waals surface area (Å²) >= 11 is 1.57. The summed E-state index contributed by atoms with van der Waals surface area (Å²) in [6.45, 7) is 0.369. The number of benzene rings is 2. The van der Waals surface area contributed by atoms with Crippen molar-refractivity contribution >= 4 is 29.0 Å². The Bertz CT molecular complexity index is 924. The maximum Gasteiger partial charge on any atom is 0.316 e. The number of carbonyl (C=O) groups excluding carboxylic acids is 2. The van der Waals surface area contributed by atoms with E-state index in [1.807, 2.05) is 29.6 Å². The number of thiazole rings is 1. The second kappa shape index (κ2) is 8.95. The van der Waals surface area contributed by atoms with Crippen molar-refractivity contribution in [2.75, 3.05) is 5.32 Å². The van der Waals surface area contributed by atoms with Crippen molar-refractivity contribution in [3.8, 4) is 0 Å². The molecular weight excluding hydrogens is 360 g/mol. The highest BCUT2D eigenvalue weighted by Gasteiger charge is 2.08. The Morgan fingerprint density at radius 2 is 1.81 bits per heavy atom. The molecule has 0 atom stereocenters. The average Bonchev–Trinajstić information content (AvgIpc) is 3.07. The van der Waals surface area contributed by atoms with E-state index in [1.165, 1.54) is 5.56 Å². The van der Waals surface area contributed by atoms with Gasteiger partial charge in [-0.25, -0.2) is 9.78 Å². The van der Waals surface area contributed by atoms with E-state index >= 15 is 0 Å². The van der Waals surface area contributed by atoms with Crippen LogP contribution in [0.4, 0.5) is 10.5 Å². The molecule has 0 saturated carbocycles. The van der Waals surface area contributed by atoms with Gasteiger partial charge in [-0.2, -0.15) is 0 Å². The normalized spacial score (nSPS) is 10.4. The Morgan fingerprint density at radius 1 is 1.04 bits per heavy atom. The molecule has 2 aromatic carbocycles. The van der Waals surface area contributed by atoms with E-state index in [2.05, 4.69) is 27.8 Å². The quantitative estimate of drug-likeness (QED) is 0.587. The lowest BCUT2D eigenvalue weighted by Crippen LogP contribution is -2.25. The van der Waals surface area contributed by atoms with Gasteiger partial charge in [0.1, 0.15) is 0 Å². The summed E-state index contributed by atoms with van der Waals surface area (Å²) in [5, 5.41) is 8.30. The summed E-state index contributed by atoms with van der Waals surface area (Å²) in [4.78, 5) is 27.6. The van der Waals surface area contributed by atoms with E-state index in [0.717, 1.165) is 22.7 Å². The summed E-state index contributed by atoms with van der Waals surface area (Å²) in [7, 11) is 0. The minimum Gasteiger partial charge on any atom is -0.352 e. The van der Waals surface area contributed by atoms with Crippen LogP contribution in [0.25, 0.3) is 0 Å². The van der Waals surface area contributed by atoms with Crippen LogP contribution in [-0.4, -0.2) is 16.9 Å². The van der Waals surface area contributed by atoms with Crippen molar-refractivity contribution in [3.05, 3.63) is 81.8 Å². The number of nitrogens with two attached hydrogens (primary N) is 1. The number of rotatable bonds is 7. The van der Waals surface area contributed by atoms with Crippen LogP contribution in [0, 0.1) is 0 Å². The molecule has 0 saturated heterocycles. The molecule has 0 fully saturated rings. The Morgan fingerprint density at radius 3 is 2.59 bits per heavy atom. The fourth-order valence-corrected chi connectivity index (χ4v) is 3.44. The monoisotopic (exact) mass is 380 g/mol. The molecule has 138 valence electrons. The van der Waals surface area contributed by atoms with E-state index in [9.17, 15) is 9.59 Å². The molecule has 0 spiro atoms. The molecule has 1 aromatic heterocycles. The first kappa shape index (κ1) is 18.6. The van der Waals surface area contributed by atoms with E-state index in [4.69, 9.17) is 5.73 Å². The summed E-state index contributed by atoms with van der Waals surface area (Å²) in [5.74, 6) is -0.0974. The van der Waals surface area contributed by atoms with Crippen LogP contribution in [0.15, 0.2) is 60.0 Å². The topological polar surface area (TPSA) is 97.1 Å². The Kier molecular flexibility index (Phi) is 6.17. The number of urea groups is 1. The van der Waals surface area contributed by atoms with Crippen molar-refractivity contribution < 1.29 is 9.59 Å². The highest BCUT2D eigenvalue weighted by Crippen LogP contribution is 2.15. The molecule has 0 aliphatic rings. The number of hydrogen-bond donors (Lipinski definition) is 3. The van der Waals surface area contributed by atoms with Crippen LogP contribution in [0.2, 0.25) is 0 Å². The predicted molar refractivity (Wildman–Crippen MR) is 107 cm³/mol. The van der Waals surface area contributed by atoms with Gasteiger partial charge in [-0.05, 0) is 23.3 Å². The van der Waals surface area contributed by atoms with Gasteiger partial charge in [0.05, 0.1) is 17.1 Å². The SMILES string of the molecule is NC(=O)Nc1cccc(CNC(=O)Cc2csc(Cc3ccccc3)n2)c1. The van der Waals surface area contributed by atoms with Crippen LogP contribution in [0.5, 0.6) is 0 Å². The molecular formula is C20H20N4O2S. The lowest BCUT2D eigenvalue weighted by atomic mass is 10.2. The molecule has 3 aromatic rings. The first-order valence-corrected chi connectivity index (χ1v) is 9.36. The van der Waals surface area contributed by atoms with Gasteiger partial charge in [0, 0.05) is 24.0 Å². The molecule has 0 radical (unpaired) electrons.